The fourth-order valence-corrected chi connectivity index (χ4v) is 4.34. The smallest absolute Gasteiger partial charge is 0.287 e. The second-order valence-electron chi connectivity index (χ2n) is 8.47. The third-order valence-corrected chi connectivity index (χ3v) is 6.17. The molecular weight excluding hydrogens is 398 g/mol. The van der Waals surface area contributed by atoms with Crippen molar-refractivity contribution >= 4 is 17.5 Å². The standard InChI is InChI=1S/C27H29N3O2/c1-20-13-14-21(2)24(19-20)28-26(31)25(22-9-5-3-6-10-22)29-15-17-30(18-16-29)27(32)23-11-7-4-8-12-23/h3-14,19,25H,15-18H2,1-2H3,(H,28,31)/p+1/t25-/m0/s1. The van der Waals surface area contributed by atoms with Gasteiger partial charge >= 0.3 is 0 Å². The Hall–Kier alpha value is -3.44. The Kier molecular flexibility index (Phi) is 6.66. The van der Waals surface area contributed by atoms with E-state index >= 15 is 0 Å². The number of rotatable bonds is 5. The van der Waals surface area contributed by atoms with Gasteiger partial charge in [0.25, 0.3) is 11.8 Å². The average Bonchev–Trinajstić information content (AvgIpc) is 2.83. The van der Waals surface area contributed by atoms with Crippen molar-refractivity contribution in [2.24, 2.45) is 0 Å². The van der Waals surface area contributed by atoms with Crippen LogP contribution in [-0.4, -0.2) is 42.9 Å². The van der Waals surface area contributed by atoms with E-state index in [-0.39, 0.29) is 17.9 Å². The number of carbonyl (C=O) groups is 2. The Morgan fingerprint density at radius 3 is 2.16 bits per heavy atom. The molecule has 1 aliphatic heterocycles. The molecule has 1 fully saturated rings. The lowest BCUT2D eigenvalue weighted by atomic mass is 10.0. The maximum Gasteiger partial charge on any atom is 0.287 e. The van der Waals surface area contributed by atoms with Gasteiger partial charge in [0.05, 0.1) is 26.2 Å². The monoisotopic (exact) mass is 428 g/mol. The summed E-state index contributed by atoms with van der Waals surface area (Å²) in [4.78, 5) is 29.4. The van der Waals surface area contributed by atoms with E-state index in [1.807, 2.05) is 97.6 Å². The number of quaternary nitrogens is 1. The Morgan fingerprint density at radius 2 is 1.50 bits per heavy atom. The van der Waals surface area contributed by atoms with Crippen LogP contribution in [0.1, 0.15) is 33.1 Å². The number of anilines is 1. The van der Waals surface area contributed by atoms with Gasteiger partial charge in [0.2, 0.25) is 0 Å². The molecule has 0 aromatic heterocycles. The molecule has 5 nitrogen and oxygen atoms in total. The van der Waals surface area contributed by atoms with Crippen molar-refractivity contribution < 1.29 is 14.5 Å². The lowest BCUT2D eigenvalue weighted by molar-refractivity contribution is -0.925. The van der Waals surface area contributed by atoms with E-state index in [4.69, 9.17) is 0 Å². The summed E-state index contributed by atoms with van der Waals surface area (Å²) in [7, 11) is 0. The van der Waals surface area contributed by atoms with E-state index < -0.39 is 0 Å². The number of nitrogens with one attached hydrogen (secondary N) is 2. The number of amides is 2. The molecule has 2 amide bonds. The van der Waals surface area contributed by atoms with Crippen molar-refractivity contribution in [1.82, 2.24) is 4.90 Å². The Bertz CT molecular complexity index is 1070. The lowest BCUT2D eigenvalue weighted by Crippen LogP contribution is -3.16. The first-order valence-corrected chi connectivity index (χ1v) is 11.1. The molecule has 3 aromatic carbocycles. The summed E-state index contributed by atoms with van der Waals surface area (Å²) in [5.41, 5.74) is 4.72. The third kappa shape index (κ3) is 4.89. The number of carbonyl (C=O) groups excluding carboxylic acids is 2. The fraction of sp³-hybridized carbons (Fsp3) is 0.259. The largest absolute Gasteiger partial charge is 0.327 e. The average molecular weight is 429 g/mol. The predicted molar refractivity (Wildman–Crippen MR) is 127 cm³/mol. The molecule has 164 valence electrons. The zero-order valence-corrected chi connectivity index (χ0v) is 18.7. The van der Waals surface area contributed by atoms with Crippen molar-refractivity contribution in [3.8, 4) is 0 Å². The molecule has 0 spiro atoms. The highest BCUT2D eigenvalue weighted by molar-refractivity contribution is 5.95. The molecule has 2 N–H and O–H groups in total. The molecule has 1 saturated heterocycles. The molecule has 1 heterocycles. The van der Waals surface area contributed by atoms with E-state index in [9.17, 15) is 9.59 Å². The number of hydrogen-bond donors (Lipinski definition) is 2. The molecule has 5 heteroatoms. The quantitative estimate of drug-likeness (QED) is 0.656. The van der Waals surface area contributed by atoms with Gasteiger partial charge in [0, 0.05) is 16.8 Å². The highest BCUT2D eigenvalue weighted by Gasteiger charge is 2.35. The van der Waals surface area contributed by atoms with Gasteiger partial charge in [0.1, 0.15) is 0 Å². The first-order valence-electron chi connectivity index (χ1n) is 11.1. The SMILES string of the molecule is Cc1ccc(C)c(NC(=O)[C@H](c2ccccc2)[NH+]2CCN(C(=O)c3ccccc3)CC2)c1. The zero-order valence-electron chi connectivity index (χ0n) is 18.7. The minimum Gasteiger partial charge on any atom is -0.327 e. The van der Waals surface area contributed by atoms with E-state index in [0.717, 1.165) is 35.5 Å². The van der Waals surface area contributed by atoms with Gasteiger partial charge in [-0.1, -0.05) is 60.7 Å². The molecular formula is C27H30N3O2+. The zero-order chi connectivity index (χ0) is 22.5. The fourth-order valence-electron chi connectivity index (χ4n) is 4.34. The molecule has 3 aromatic rings. The summed E-state index contributed by atoms with van der Waals surface area (Å²) >= 11 is 0. The van der Waals surface area contributed by atoms with Crippen molar-refractivity contribution in [2.45, 2.75) is 19.9 Å². The molecule has 1 aliphatic rings. The number of piperazine rings is 1. The van der Waals surface area contributed by atoms with Crippen LogP contribution in [0.3, 0.4) is 0 Å². The molecule has 0 aliphatic carbocycles. The van der Waals surface area contributed by atoms with Gasteiger partial charge in [-0.2, -0.15) is 0 Å². The molecule has 4 rings (SSSR count). The topological polar surface area (TPSA) is 53.9 Å². The number of benzene rings is 3. The number of nitrogens with zero attached hydrogens (tertiary/aromatic N) is 1. The number of hydrogen-bond acceptors (Lipinski definition) is 2. The molecule has 0 unspecified atom stereocenters. The van der Waals surface area contributed by atoms with Crippen LogP contribution in [-0.2, 0) is 4.79 Å². The highest BCUT2D eigenvalue weighted by Crippen LogP contribution is 2.19. The molecule has 0 radical (unpaired) electrons. The van der Waals surface area contributed by atoms with Crippen LogP contribution in [0.4, 0.5) is 5.69 Å². The number of aryl methyl sites for hydroxylation is 2. The molecule has 1 atom stereocenters. The maximum atomic E-state index is 13.5. The minimum atomic E-state index is -0.329. The summed E-state index contributed by atoms with van der Waals surface area (Å²) in [6.07, 6.45) is 0. The van der Waals surface area contributed by atoms with E-state index in [1.165, 1.54) is 4.90 Å². The van der Waals surface area contributed by atoms with E-state index in [2.05, 4.69) is 5.32 Å². The van der Waals surface area contributed by atoms with Crippen LogP contribution in [0.25, 0.3) is 0 Å². The van der Waals surface area contributed by atoms with Crippen LogP contribution in [0, 0.1) is 13.8 Å². The minimum absolute atomic E-state index is 0.0114. The normalized spacial score (nSPS) is 15.2. The summed E-state index contributed by atoms with van der Waals surface area (Å²) in [6.45, 7) is 6.73. The van der Waals surface area contributed by atoms with Gasteiger partial charge < -0.3 is 15.1 Å². The predicted octanol–water partition coefficient (Wildman–Crippen LogP) is 3.02. The Balaban J connectivity index is 1.51. The summed E-state index contributed by atoms with van der Waals surface area (Å²) in [5, 5.41) is 3.17. The summed E-state index contributed by atoms with van der Waals surface area (Å²) < 4.78 is 0. The van der Waals surface area contributed by atoms with E-state index in [0.29, 0.717) is 18.7 Å². The first kappa shape index (κ1) is 21.8. The highest BCUT2D eigenvalue weighted by atomic mass is 16.2. The van der Waals surface area contributed by atoms with Crippen molar-refractivity contribution in [3.63, 3.8) is 0 Å². The first-order chi connectivity index (χ1) is 15.5. The van der Waals surface area contributed by atoms with Crippen LogP contribution < -0.4 is 10.2 Å². The van der Waals surface area contributed by atoms with Gasteiger partial charge in [0.15, 0.2) is 6.04 Å². The Morgan fingerprint density at radius 1 is 0.875 bits per heavy atom. The van der Waals surface area contributed by atoms with E-state index in [1.54, 1.807) is 0 Å². The van der Waals surface area contributed by atoms with Crippen LogP contribution in [0.15, 0.2) is 78.9 Å². The second-order valence-corrected chi connectivity index (χ2v) is 8.47. The van der Waals surface area contributed by atoms with Crippen LogP contribution in [0.2, 0.25) is 0 Å². The van der Waals surface area contributed by atoms with Crippen molar-refractivity contribution in [2.75, 3.05) is 31.5 Å². The lowest BCUT2D eigenvalue weighted by Gasteiger charge is -2.36. The summed E-state index contributed by atoms with van der Waals surface area (Å²) in [5.74, 6) is 0.0449. The maximum absolute atomic E-state index is 13.5. The van der Waals surface area contributed by atoms with Crippen LogP contribution in [0.5, 0.6) is 0 Å². The third-order valence-electron chi connectivity index (χ3n) is 6.17. The molecule has 0 saturated carbocycles. The van der Waals surface area contributed by atoms with Gasteiger partial charge in [-0.15, -0.1) is 0 Å². The van der Waals surface area contributed by atoms with Gasteiger partial charge in [-0.3, -0.25) is 9.59 Å². The van der Waals surface area contributed by atoms with Crippen molar-refractivity contribution in [1.29, 1.82) is 0 Å². The Labute approximate surface area is 189 Å². The van der Waals surface area contributed by atoms with Crippen molar-refractivity contribution in [3.05, 3.63) is 101 Å². The second kappa shape index (κ2) is 9.79. The van der Waals surface area contributed by atoms with Crippen LogP contribution >= 0.6 is 0 Å². The summed E-state index contributed by atoms with van der Waals surface area (Å²) in [6, 6.07) is 25.1. The molecule has 32 heavy (non-hydrogen) atoms. The van der Waals surface area contributed by atoms with Gasteiger partial charge in [-0.05, 0) is 43.2 Å². The van der Waals surface area contributed by atoms with Gasteiger partial charge in [-0.25, -0.2) is 0 Å². The molecule has 0 bridgehead atoms.